The van der Waals surface area contributed by atoms with Crippen molar-refractivity contribution in [3.8, 4) is 16.9 Å². The summed E-state index contributed by atoms with van der Waals surface area (Å²) in [4.78, 5) is 4.89. The SMILES string of the molecule is C/C=C/c1cc2oc3ccccc3c2c2c1c1c3ccccc3c3ccccc3c1n2-c1ccc(-c2cn3ccccc3n2)cc1. The predicted octanol–water partition coefficient (Wildman–Crippen LogP) is 11.3. The second-order valence-electron chi connectivity index (χ2n) is 12.0. The van der Waals surface area contributed by atoms with E-state index in [-0.39, 0.29) is 0 Å². The smallest absolute Gasteiger partial charge is 0.138 e. The summed E-state index contributed by atoms with van der Waals surface area (Å²) in [6, 6.07) is 43.2. The van der Waals surface area contributed by atoms with Gasteiger partial charge in [-0.15, -0.1) is 0 Å². The second-order valence-corrected chi connectivity index (χ2v) is 12.0. The average Bonchev–Trinajstić information content (AvgIpc) is 3.81. The van der Waals surface area contributed by atoms with Gasteiger partial charge in [0, 0.05) is 45.2 Å². The standard InChI is InChI=1S/C42H27N3O/c1-2-11-27-24-36-39(33-16-7-8-17-35(33)46-36)42-38(27)40-31-14-5-3-12-29(31)30-13-4-6-15-32(30)41(40)45(42)28-21-19-26(20-22-28)34-25-44-23-10-9-18-37(44)43-34/h2-25H,1H3/b11-2+. The summed E-state index contributed by atoms with van der Waals surface area (Å²) in [7, 11) is 0. The van der Waals surface area contributed by atoms with Crippen molar-refractivity contribution in [2.75, 3.05) is 0 Å². The number of pyridine rings is 1. The van der Waals surface area contributed by atoms with Crippen LogP contribution in [0.25, 0.3) is 94.0 Å². The van der Waals surface area contributed by atoms with Crippen LogP contribution in [0.1, 0.15) is 12.5 Å². The number of hydrogen-bond donors (Lipinski definition) is 0. The van der Waals surface area contributed by atoms with Crippen molar-refractivity contribution >= 4 is 77.0 Å². The van der Waals surface area contributed by atoms with Gasteiger partial charge in [-0.05, 0) is 65.0 Å². The summed E-state index contributed by atoms with van der Waals surface area (Å²) in [6.45, 7) is 2.08. The molecule has 0 aliphatic heterocycles. The van der Waals surface area contributed by atoms with Crippen LogP contribution in [0, 0.1) is 0 Å². The van der Waals surface area contributed by atoms with Crippen LogP contribution in [0.3, 0.4) is 0 Å². The molecule has 0 fully saturated rings. The van der Waals surface area contributed by atoms with Crippen LogP contribution in [0.4, 0.5) is 0 Å². The Bertz CT molecular complexity index is 2830. The van der Waals surface area contributed by atoms with E-state index in [1.807, 2.05) is 30.5 Å². The van der Waals surface area contributed by atoms with Gasteiger partial charge in [-0.2, -0.15) is 0 Å². The Morgan fingerprint density at radius 3 is 2.09 bits per heavy atom. The van der Waals surface area contributed by atoms with E-state index in [0.29, 0.717) is 0 Å². The summed E-state index contributed by atoms with van der Waals surface area (Å²) < 4.78 is 11.1. The molecule has 4 heterocycles. The minimum atomic E-state index is 0.890. The van der Waals surface area contributed by atoms with E-state index >= 15 is 0 Å². The van der Waals surface area contributed by atoms with Crippen molar-refractivity contribution in [1.82, 2.24) is 14.0 Å². The van der Waals surface area contributed by atoms with Gasteiger partial charge in [-0.1, -0.05) is 97.1 Å². The highest BCUT2D eigenvalue weighted by Gasteiger charge is 2.24. The molecule has 0 aliphatic rings. The van der Waals surface area contributed by atoms with Crippen LogP contribution >= 0.6 is 0 Å². The molecule has 0 amide bonds. The summed E-state index contributed by atoms with van der Waals surface area (Å²) in [6.07, 6.45) is 8.47. The molecule has 6 aromatic carbocycles. The minimum absolute atomic E-state index is 0.890. The van der Waals surface area contributed by atoms with Crippen LogP contribution in [-0.2, 0) is 0 Å². The highest BCUT2D eigenvalue weighted by atomic mass is 16.3. The molecule has 10 rings (SSSR count). The molecular formula is C42H27N3O. The number of rotatable bonds is 3. The zero-order chi connectivity index (χ0) is 30.4. The van der Waals surface area contributed by atoms with Crippen LogP contribution in [0.15, 0.2) is 144 Å². The molecule has 0 aliphatic carbocycles. The maximum atomic E-state index is 6.56. The quantitative estimate of drug-likeness (QED) is 0.192. The van der Waals surface area contributed by atoms with Crippen LogP contribution in [-0.4, -0.2) is 14.0 Å². The molecule has 0 saturated carbocycles. The molecule has 0 N–H and O–H groups in total. The van der Waals surface area contributed by atoms with Gasteiger partial charge in [0.15, 0.2) is 0 Å². The van der Waals surface area contributed by atoms with Crippen LogP contribution < -0.4 is 0 Å². The number of aromatic nitrogens is 3. The van der Waals surface area contributed by atoms with Crippen molar-refractivity contribution in [2.24, 2.45) is 0 Å². The van der Waals surface area contributed by atoms with E-state index in [1.165, 1.54) is 37.8 Å². The fourth-order valence-corrected chi connectivity index (χ4v) is 7.52. The number of hydrogen-bond acceptors (Lipinski definition) is 2. The number of imidazole rings is 1. The molecule has 0 bridgehead atoms. The molecule has 0 saturated heterocycles. The van der Waals surface area contributed by atoms with E-state index in [9.17, 15) is 0 Å². The van der Waals surface area contributed by atoms with Gasteiger partial charge < -0.3 is 13.4 Å². The number of furan rings is 1. The third-order valence-electron chi connectivity index (χ3n) is 9.41. The van der Waals surface area contributed by atoms with E-state index in [0.717, 1.165) is 55.6 Å². The summed E-state index contributed by atoms with van der Waals surface area (Å²) in [5.41, 5.74) is 9.36. The van der Waals surface area contributed by atoms with Gasteiger partial charge in [-0.25, -0.2) is 4.98 Å². The van der Waals surface area contributed by atoms with Gasteiger partial charge in [0.2, 0.25) is 0 Å². The van der Waals surface area contributed by atoms with Crippen molar-refractivity contribution in [3.05, 3.63) is 145 Å². The number of allylic oxidation sites excluding steroid dienone is 1. The minimum Gasteiger partial charge on any atom is -0.456 e. The lowest BCUT2D eigenvalue weighted by Crippen LogP contribution is -1.96. The number of fused-ring (bicyclic) bond motifs is 13. The first-order chi connectivity index (χ1) is 22.8. The maximum Gasteiger partial charge on any atom is 0.138 e. The molecule has 0 unspecified atom stereocenters. The zero-order valence-corrected chi connectivity index (χ0v) is 25.1. The van der Waals surface area contributed by atoms with Gasteiger partial charge in [-0.3, -0.25) is 0 Å². The Balaban J connectivity index is 1.41. The molecule has 10 aromatic rings. The number of nitrogens with zero attached hydrogens (tertiary/aromatic N) is 3. The Morgan fingerprint density at radius 1 is 0.609 bits per heavy atom. The highest BCUT2D eigenvalue weighted by molar-refractivity contribution is 6.36. The zero-order valence-electron chi connectivity index (χ0n) is 25.1. The maximum absolute atomic E-state index is 6.56. The van der Waals surface area contributed by atoms with Gasteiger partial charge in [0.25, 0.3) is 0 Å². The topological polar surface area (TPSA) is 35.4 Å². The van der Waals surface area contributed by atoms with E-state index < -0.39 is 0 Å². The Morgan fingerprint density at radius 2 is 1.30 bits per heavy atom. The first-order valence-corrected chi connectivity index (χ1v) is 15.7. The Kier molecular flexibility index (Phi) is 5.17. The molecule has 4 heteroatoms. The number of para-hydroxylation sites is 1. The van der Waals surface area contributed by atoms with Crippen molar-refractivity contribution in [1.29, 1.82) is 0 Å². The molecule has 0 radical (unpaired) electrons. The number of benzene rings is 6. The molecular weight excluding hydrogens is 562 g/mol. The molecule has 4 aromatic heterocycles. The Hall–Kier alpha value is -6.13. The highest BCUT2D eigenvalue weighted by Crippen LogP contribution is 2.47. The monoisotopic (exact) mass is 589 g/mol. The molecule has 0 spiro atoms. The van der Waals surface area contributed by atoms with Crippen molar-refractivity contribution in [2.45, 2.75) is 6.92 Å². The third kappa shape index (κ3) is 3.41. The third-order valence-corrected chi connectivity index (χ3v) is 9.41. The van der Waals surface area contributed by atoms with E-state index in [1.54, 1.807) is 0 Å². The average molecular weight is 590 g/mol. The fraction of sp³-hybridized carbons (Fsp3) is 0.0238. The lowest BCUT2D eigenvalue weighted by atomic mass is 9.94. The normalized spacial score (nSPS) is 12.4. The van der Waals surface area contributed by atoms with Gasteiger partial charge in [0.1, 0.15) is 16.8 Å². The fourth-order valence-electron chi connectivity index (χ4n) is 7.52. The second kappa shape index (κ2) is 9.43. The first-order valence-electron chi connectivity index (χ1n) is 15.7. The summed E-state index contributed by atoms with van der Waals surface area (Å²) in [5.74, 6) is 0. The van der Waals surface area contributed by atoms with E-state index in [2.05, 4.69) is 131 Å². The van der Waals surface area contributed by atoms with Crippen molar-refractivity contribution in [3.63, 3.8) is 0 Å². The largest absolute Gasteiger partial charge is 0.456 e. The predicted molar refractivity (Wildman–Crippen MR) is 192 cm³/mol. The van der Waals surface area contributed by atoms with Gasteiger partial charge in [0.05, 0.1) is 22.1 Å². The molecule has 46 heavy (non-hydrogen) atoms. The molecule has 0 atom stereocenters. The molecule has 4 nitrogen and oxygen atoms in total. The van der Waals surface area contributed by atoms with Gasteiger partial charge >= 0.3 is 0 Å². The van der Waals surface area contributed by atoms with Crippen LogP contribution in [0.5, 0.6) is 0 Å². The molecule has 216 valence electrons. The van der Waals surface area contributed by atoms with Crippen LogP contribution in [0.2, 0.25) is 0 Å². The Labute approximate surface area is 264 Å². The first kappa shape index (κ1) is 25.2. The van der Waals surface area contributed by atoms with Crippen molar-refractivity contribution < 1.29 is 4.42 Å². The lowest BCUT2D eigenvalue weighted by Gasteiger charge is -2.13. The lowest BCUT2D eigenvalue weighted by molar-refractivity contribution is 0.669. The summed E-state index contributed by atoms with van der Waals surface area (Å²) in [5, 5.41) is 9.73. The summed E-state index contributed by atoms with van der Waals surface area (Å²) >= 11 is 0. The van der Waals surface area contributed by atoms with E-state index in [4.69, 9.17) is 9.40 Å².